The molecule has 16 heavy (non-hydrogen) atoms. The van der Waals surface area contributed by atoms with Crippen molar-refractivity contribution in [3.8, 4) is 0 Å². The Kier molecular flexibility index (Phi) is 3.15. The van der Waals surface area contributed by atoms with E-state index in [1.54, 1.807) is 12.4 Å². The van der Waals surface area contributed by atoms with Crippen LogP contribution in [0.3, 0.4) is 0 Å². The third kappa shape index (κ3) is 2.37. The Labute approximate surface area is 94.7 Å². The summed E-state index contributed by atoms with van der Waals surface area (Å²) in [4.78, 5) is 15.9. The van der Waals surface area contributed by atoms with E-state index in [0.29, 0.717) is 6.42 Å². The number of carbonyl (C=O) groups is 1. The Bertz CT molecular complexity index is 474. The summed E-state index contributed by atoms with van der Waals surface area (Å²) in [5.41, 5.74) is 1.87. The second-order valence-electron chi connectivity index (χ2n) is 3.79. The van der Waals surface area contributed by atoms with Crippen molar-refractivity contribution >= 4 is 5.78 Å². The van der Waals surface area contributed by atoms with Crippen molar-refractivity contribution in [2.24, 2.45) is 7.05 Å². The highest BCUT2D eigenvalue weighted by atomic mass is 16.1. The molecule has 0 bridgehead atoms. The molecule has 2 rings (SSSR count). The first kappa shape index (κ1) is 10.6. The molecular formula is C13H14N2O. The number of Topliss-reactive ketones (excluding diaryl/α,β-unsaturated/α-hetero) is 1. The lowest BCUT2D eigenvalue weighted by atomic mass is 10.1. The summed E-state index contributed by atoms with van der Waals surface area (Å²) in [6.07, 6.45) is 6.71. The quantitative estimate of drug-likeness (QED) is 0.731. The van der Waals surface area contributed by atoms with Crippen LogP contribution in [0, 0.1) is 0 Å². The largest absolute Gasteiger partial charge is 0.348 e. The first-order chi connectivity index (χ1) is 7.77. The van der Waals surface area contributed by atoms with Gasteiger partial charge in [0, 0.05) is 32.1 Å². The van der Waals surface area contributed by atoms with Crippen LogP contribution in [0.5, 0.6) is 0 Å². The van der Waals surface area contributed by atoms with Crippen LogP contribution < -0.4 is 0 Å². The monoisotopic (exact) mass is 214 g/mol. The van der Waals surface area contributed by atoms with E-state index in [1.165, 1.54) is 0 Å². The fraction of sp³-hybridized carbons (Fsp3) is 0.231. The lowest BCUT2D eigenvalue weighted by molar-refractivity contribution is 0.0975. The third-order valence-electron chi connectivity index (χ3n) is 2.59. The van der Waals surface area contributed by atoms with Crippen LogP contribution in [0.2, 0.25) is 0 Å². The molecule has 2 heterocycles. The van der Waals surface area contributed by atoms with E-state index >= 15 is 0 Å². The molecule has 0 fully saturated rings. The van der Waals surface area contributed by atoms with Crippen LogP contribution >= 0.6 is 0 Å². The van der Waals surface area contributed by atoms with E-state index in [1.807, 2.05) is 42.1 Å². The van der Waals surface area contributed by atoms with Crippen molar-refractivity contribution in [3.05, 3.63) is 54.1 Å². The fourth-order valence-electron chi connectivity index (χ4n) is 1.68. The van der Waals surface area contributed by atoms with E-state index in [2.05, 4.69) is 4.98 Å². The molecule has 2 aromatic heterocycles. The lowest BCUT2D eigenvalue weighted by Gasteiger charge is -2.02. The zero-order valence-corrected chi connectivity index (χ0v) is 9.26. The second-order valence-corrected chi connectivity index (χ2v) is 3.79. The summed E-state index contributed by atoms with van der Waals surface area (Å²) in [5.74, 6) is 0.177. The molecular weight excluding hydrogens is 200 g/mol. The molecule has 0 atom stereocenters. The lowest BCUT2D eigenvalue weighted by Crippen LogP contribution is -2.06. The maximum Gasteiger partial charge on any atom is 0.179 e. The van der Waals surface area contributed by atoms with E-state index in [0.717, 1.165) is 17.7 Å². The molecule has 0 radical (unpaired) electrons. The van der Waals surface area contributed by atoms with Gasteiger partial charge in [-0.05, 0) is 30.2 Å². The first-order valence-corrected chi connectivity index (χ1v) is 5.31. The van der Waals surface area contributed by atoms with Gasteiger partial charge in [0.05, 0.1) is 5.69 Å². The van der Waals surface area contributed by atoms with Gasteiger partial charge in [0.2, 0.25) is 0 Å². The average Bonchev–Trinajstić information content (AvgIpc) is 2.74. The highest BCUT2D eigenvalue weighted by molar-refractivity contribution is 5.94. The predicted octanol–water partition coefficient (Wildman–Crippen LogP) is 2.24. The fourth-order valence-corrected chi connectivity index (χ4v) is 1.68. The summed E-state index contributed by atoms with van der Waals surface area (Å²) in [6, 6.07) is 7.62. The number of pyridine rings is 1. The topological polar surface area (TPSA) is 34.9 Å². The second kappa shape index (κ2) is 4.75. The third-order valence-corrected chi connectivity index (χ3v) is 2.59. The molecule has 3 nitrogen and oxygen atoms in total. The molecule has 0 spiro atoms. The number of aryl methyl sites for hydroxylation is 2. The van der Waals surface area contributed by atoms with E-state index < -0.39 is 0 Å². The molecule has 0 aliphatic carbocycles. The Morgan fingerprint density at radius 1 is 1.38 bits per heavy atom. The molecule has 0 saturated heterocycles. The molecule has 0 N–H and O–H groups in total. The average molecular weight is 214 g/mol. The van der Waals surface area contributed by atoms with Gasteiger partial charge >= 0.3 is 0 Å². The summed E-state index contributed by atoms with van der Waals surface area (Å²) < 4.78 is 1.85. The highest BCUT2D eigenvalue weighted by Crippen LogP contribution is 2.07. The minimum absolute atomic E-state index is 0.177. The zero-order chi connectivity index (χ0) is 11.4. The number of aromatic nitrogens is 2. The zero-order valence-electron chi connectivity index (χ0n) is 9.26. The van der Waals surface area contributed by atoms with Gasteiger partial charge in [0.15, 0.2) is 5.78 Å². The molecule has 0 aromatic carbocycles. The number of nitrogens with zero attached hydrogens (tertiary/aromatic N) is 2. The Balaban J connectivity index is 1.97. The Morgan fingerprint density at radius 2 is 2.25 bits per heavy atom. The molecule has 82 valence electrons. The number of ketones is 1. The van der Waals surface area contributed by atoms with Crippen LogP contribution in [0.4, 0.5) is 0 Å². The minimum Gasteiger partial charge on any atom is -0.348 e. The van der Waals surface area contributed by atoms with Crippen molar-refractivity contribution in [1.82, 2.24) is 9.55 Å². The van der Waals surface area contributed by atoms with Crippen molar-refractivity contribution in [2.45, 2.75) is 12.8 Å². The summed E-state index contributed by atoms with van der Waals surface area (Å²) in [7, 11) is 1.89. The standard InChI is InChI=1S/C13H14N2O/c1-15-9-3-5-12(15)13(16)7-6-11-4-2-8-14-10-11/h2-5,8-10H,6-7H2,1H3. The number of hydrogen-bond donors (Lipinski definition) is 0. The van der Waals surface area contributed by atoms with Gasteiger partial charge in [0.25, 0.3) is 0 Å². The van der Waals surface area contributed by atoms with Gasteiger partial charge in [-0.2, -0.15) is 0 Å². The van der Waals surface area contributed by atoms with Crippen LogP contribution in [0.1, 0.15) is 22.5 Å². The Morgan fingerprint density at radius 3 is 2.88 bits per heavy atom. The molecule has 2 aromatic rings. The number of rotatable bonds is 4. The summed E-state index contributed by atoms with van der Waals surface area (Å²) in [5, 5.41) is 0. The van der Waals surface area contributed by atoms with E-state index in [9.17, 15) is 4.79 Å². The van der Waals surface area contributed by atoms with Crippen molar-refractivity contribution in [3.63, 3.8) is 0 Å². The van der Waals surface area contributed by atoms with Crippen LogP contribution in [-0.2, 0) is 13.5 Å². The molecule has 0 amide bonds. The number of carbonyl (C=O) groups excluding carboxylic acids is 1. The van der Waals surface area contributed by atoms with Gasteiger partial charge in [-0.1, -0.05) is 6.07 Å². The van der Waals surface area contributed by atoms with Gasteiger partial charge in [-0.3, -0.25) is 9.78 Å². The normalized spacial score (nSPS) is 10.3. The SMILES string of the molecule is Cn1cccc1C(=O)CCc1cccnc1. The van der Waals surface area contributed by atoms with Gasteiger partial charge in [0.1, 0.15) is 0 Å². The molecule has 3 heteroatoms. The van der Waals surface area contributed by atoms with Crippen LogP contribution in [0.15, 0.2) is 42.9 Å². The maximum absolute atomic E-state index is 11.9. The molecule has 0 aliphatic rings. The first-order valence-electron chi connectivity index (χ1n) is 5.31. The molecule has 0 saturated carbocycles. The van der Waals surface area contributed by atoms with Gasteiger partial charge < -0.3 is 4.57 Å². The van der Waals surface area contributed by atoms with E-state index in [4.69, 9.17) is 0 Å². The predicted molar refractivity (Wildman–Crippen MR) is 62.3 cm³/mol. The van der Waals surface area contributed by atoms with Crippen molar-refractivity contribution in [1.29, 1.82) is 0 Å². The van der Waals surface area contributed by atoms with Crippen LogP contribution in [0.25, 0.3) is 0 Å². The van der Waals surface area contributed by atoms with Gasteiger partial charge in [-0.25, -0.2) is 0 Å². The van der Waals surface area contributed by atoms with Crippen LogP contribution in [-0.4, -0.2) is 15.3 Å². The van der Waals surface area contributed by atoms with Crippen molar-refractivity contribution in [2.75, 3.05) is 0 Å². The van der Waals surface area contributed by atoms with Crippen molar-refractivity contribution < 1.29 is 4.79 Å². The smallest absolute Gasteiger partial charge is 0.179 e. The van der Waals surface area contributed by atoms with E-state index in [-0.39, 0.29) is 5.78 Å². The summed E-state index contributed by atoms with van der Waals surface area (Å²) >= 11 is 0. The maximum atomic E-state index is 11.9. The summed E-state index contributed by atoms with van der Waals surface area (Å²) in [6.45, 7) is 0. The number of hydrogen-bond acceptors (Lipinski definition) is 2. The van der Waals surface area contributed by atoms with Gasteiger partial charge in [-0.15, -0.1) is 0 Å². The molecule has 0 aliphatic heterocycles. The minimum atomic E-state index is 0.177. The molecule has 0 unspecified atom stereocenters. The highest BCUT2D eigenvalue weighted by Gasteiger charge is 2.08. The Hall–Kier alpha value is -1.90.